The number of benzene rings is 1. The molecule has 1 aromatic carbocycles. The Morgan fingerprint density at radius 1 is 1.42 bits per heavy atom. The van der Waals surface area contributed by atoms with Crippen molar-refractivity contribution in [1.82, 2.24) is 24.6 Å². The van der Waals surface area contributed by atoms with E-state index in [-0.39, 0.29) is 30.8 Å². The molecule has 4 rings (SSSR count). The number of alkyl halides is 1. The molecule has 3 heterocycles. The predicted octanol–water partition coefficient (Wildman–Crippen LogP) is 2.98. The highest BCUT2D eigenvalue weighted by molar-refractivity contribution is 5.80. The molecular formula is C25H28FN7O3. The number of piperidine rings is 1. The van der Waals surface area contributed by atoms with E-state index in [9.17, 15) is 19.6 Å². The summed E-state index contributed by atoms with van der Waals surface area (Å²) >= 11 is 0. The van der Waals surface area contributed by atoms with Crippen LogP contribution in [-0.2, 0) is 11.3 Å². The van der Waals surface area contributed by atoms with Crippen LogP contribution in [0.5, 0.6) is 5.75 Å². The summed E-state index contributed by atoms with van der Waals surface area (Å²) in [6, 6.07) is 8.76. The molecule has 2 N–H and O–H groups in total. The number of halogens is 1. The van der Waals surface area contributed by atoms with Crippen molar-refractivity contribution in [2.45, 2.75) is 52.1 Å². The highest BCUT2D eigenvalue weighted by Gasteiger charge is 2.34. The van der Waals surface area contributed by atoms with E-state index in [1.807, 2.05) is 24.7 Å². The number of rotatable bonds is 7. The summed E-state index contributed by atoms with van der Waals surface area (Å²) in [6.45, 7) is 6.12. The molecule has 0 bridgehead atoms. The largest absolute Gasteiger partial charge is 0.486 e. The van der Waals surface area contributed by atoms with Crippen molar-refractivity contribution in [2.24, 2.45) is 0 Å². The second-order valence-corrected chi connectivity index (χ2v) is 8.62. The van der Waals surface area contributed by atoms with Crippen molar-refractivity contribution >= 4 is 17.4 Å². The van der Waals surface area contributed by atoms with E-state index < -0.39 is 24.3 Å². The van der Waals surface area contributed by atoms with Crippen LogP contribution in [0.3, 0.4) is 0 Å². The fraction of sp³-hybridized carbons (Fsp3) is 0.400. The Morgan fingerprint density at radius 2 is 2.22 bits per heavy atom. The fourth-order valence-corrected chi connectivity index (χ4v) is 4.01. The number of hydrogen-bond donors (Lipinski definition) is 2. The molecule has 2 aromatic heterocycles. The van der Waals surface area contributed by atoms with Crippen LogP contribution in [0.25, 0.3) is 11.4 Å². The number of aromatic nitrogens is 4. The van der Waals surface area contributed by atoms with Gasteiger partial charge in [-0.2, -0.15) is 10.4 Å². The van der Waals surface area contributed by atoms with E-state index in [1.165, 1.54) is 11.8 Å². The number of carbonyl (C=O) groups is 1. The molecule has 1 saturated heterocycles. The fourth-order valence-electron chi connectivity index (χ4n) is 4.01. The monoisotopic (exact) mass is 493 g/mol. The molecular weight excluding hydrogens is 465 g/mol. The molecule has 0 spiro atoms. The molecule has 1 aliphatic heterocycles. The van der Waals surface area contributed by atoms with Gasteiger partial charge in [0.25, 0.3) is 5.91 Å². The number of nitrogens with one attached hydrogen (secondary N) is 1. The number of anilines is 2. The number of carbonyl (C=O) groups excluding carboxylic acids is 1. The highest BCUT2D eigenvalue weighted by atomic mass is 19.1. The van der Waals surface area contributed by atoms with Gasteiger partial charge in [-0.15, -0.1) is 0 Å². The number of nitriles is 1. The minimum absolute atomic E-state index is 0.168. The van der Waals surface area contributed by atoms with Crippen molar-refractivity contribution in [2.75, 3.05) is 18.4 Å². The first-order valence-corrected chi connectivity index (χ1v) is 11.7. The second kappa shape index (κ2) is 10.7. The Bertz CT molecular complexity index is 1290. The molecule has 1 fully saturated rings. The third kappa shape index (κ3) is 5.44. The Morgan fingerprint density at radius 3 is 2.89 bits per heavy atom. The van der Waals surface area contributed by atoms with Crippen LogP contribution < -0.4 is 10.1 Å². The van der Waals surface area contributed by atoms with Crippen LogP contribution in [0.2, 0.25) is 0 Å². The van der Waals surface area contributed by atoms with E-state index in [1.54, 1.807) is 30.5 Å². The average molecular weight is 494 g/mol. The minimum Gasteiger partial charge on any atom is -0.486 e. The number of ether oxygens (including phenoxy) is 1. The van der Waals surface area contributed by atoms with Gasteiger partial charge in [0.1, 0.15) is 29.8 Å². The van der Waals surface area contributed by atoms with Crippen molar-refractivity contribution in [3.63, 3.8) is 0 Å². The lowest BCUT2D eigenvalue weighted by Gasteiger charge is -2.35. The zero-order valence-electron chi connectivity index (χ0n) is 20.3. The lowest BCUT2D eigenvalue weighted by atomic mass is 10.0. The third-order valence-electron chi connectivity index (χ3n) is 5.98. The average Bonchev–Trinajstić information content (AvgIpc) is 3.24. The number of nitrogens with zero attached hydrogens (tertiary/aromatic N) is 6. The lowest BCUT2D eigenvalue weighted by molar-refractivity contribution is -0.143. The Balaban J connectivity index is 1.49. The third-order valence-corrected chi connectivity index (χ3v) is 5.98. The minimum atomic E-state index is -1.45. The van der Waals surface area contributed by atoms with Crippen molar-refractivity contribution < 1.29 is 19.0 Å². The molecule has 0 unspecified atom stereocenters. The van der Waals surface area contributed by atoms with Gasteiger partial charge in [0, 0.05) is 37.5 Å². The second-order valence-electron chi connectivity index (χ2n) is 8.62. The molecule has 0 radical (unpaired) electrons. The smallest absolute Gasteiger partial charge is 0.251 e. The summed E-state index contributed by atoms with van der Waals surface area (Å²) in [4.78, 5) is 22.1. The first-order valence-electron chi connectivity index (χ1n) is 11.7. The molecule has 3 aromatic rings. The van der Waals surface area contributed by atoms with Crippen LogP contribution in [0, 0.1) is 18.3 Å². The number of aliphatic hydroxyl groups is 1. The summed E-state index contributed by atoms with van der Waals surface area (Å²) in [5.41, 5.74) is 2.52. The van der Waals surface area contributed by atoms with E-state index >= 15 is 0 Å². The maximum absolute atomic E-state index is 14.7. The molecule has 0 saturated carbocycles. The molecule has 3 atom stereocenters. The van der Waals surface area contributed by atoms with Gasteiger partial charge >= 0.3 is 0 Å². The van der Waals surface area contributed by atoms with E-state index in [0.717, 1.165) is 17.9 Å². The standard InChI is InChI=1S/C25H28FN7O3/c1-4-33-14-20(15(2)31-33)29-23-7-9-28-24(30-23)17-5-6-21(18(11-17)12-27)36-22-8-10-32(13-19(22)26)25(35)16(3)34/h5-7,9,11,14,16,19,22,34H,4,8,10,13H2,1-3H3,(H,28,29,30)/t16-,19+,22-/m0/s1. The van der Waals surface area contributed by atoms with Gasteiger partial charge < -0.3 is 20.1 Å². The number of hydrogen-bond acceptors (Lipinski definition) is 8. The van der Waals surface area contributed by atoms with Gasteiger partial charge in [-0.1, -0.05) is 0 Å². The van der Waals surface area contributed by atoms with Crippen molar-refractivity contribution in [3.05, 3.63) is 47.9 Å². The molecule has 188 valence electrons. The highest BCUT2D eigenvalue weighted by Crippen LogP contribution is 2.29. The van der Waals surface area contributed by atoms with Gasteiger partial charge in [0.05, 0.1) is 23.5 Å². The van der Waals surface area contributed by atoms with Gasteiger partial charge in [-0.25, -0.2) is 14.4 Å². The molecule has 11 heteroatoms. The topological polar surface area (TPSA) is 129 Å². The maximum atomic E-state index is 14.7. The number of likely N-dealkylation sites (tertiary alicyclic amines) is 1. The Hall–Kier alpha value is -4.04. The van der Waals surface area contributed by atoms with Gasteiger partial charge in [-0.3, -0.25) is 9.48 Å². The summed E-state index contributed by atoms with van der Waals surface area (Å²) < 4.78 is 22.4. The van der Waals surface area contributed by atoms with Crippen LogP contribution in [-0.4, -0.2) is 67.1 Å². The lowest BCUT2D eigenvalue weighted by Crippen LogP contribution is -2.51. The number of amides is 1. The molecule has 10 nitrogen and oxygen atoms in total. The van der Waals surface area contributed by atoms with Gasteiger partial charge in [0.2, 0.25) is 0 Å². The Labute approximate surface area is 208 Å². The quantitative estimate of drug-likeness (QED) is 0.514. The number of aliphatic hydroxyl groups excluding tert-OH is 1. The zero-order valence-corrected chi connectivity index (χ0v) is 20.3. The van der Waals surface area contributed by atoms with E-state index in [4.69, 9.17) is 4.74 Å². The summed E-state index contributed by atoms with van der Waals surface area (Å²) in [5, 5.41) is 26.8. The molecule has 0 aliphatic carbocycles. The Kier molecular flexibility index (Phi) is 7.45. The zero-order chi connectivity index (χ0) is 25.8. The van der Waals surface area contributed by atoms with Gasteiger partial charge in [-0.05, 0) is 45.0 Å². The first-order chi connectivity index (χ1) is 17.3. The van der Waals surface area contributed by atoms with Crippen LogP contribution in [0.4, 0.5) is 15.9 Å². The van der Waals surface area contributed by atoms with Crippen LogP contribution in [0.1, 0.15) is 31.5 Å². The maximum Gasteiger partial charge on any atom is 0.251 e. The van der Waals surface area contributed by atoms with Crippen molar-refractivity contribution in [3.8, 4) is 23.2 Å². The van der Waals surface area contributed by atoms with Crippen LogP contribution in [0.15, 0.2) is 36.7 Å². The molecule has 1 aliphatic rings. The SMILES string of the molecule is CCn1cc(Nc2ccnc(-c3ccc(O[C@H]4CCN(C(=O)[C@H](C)O)C[C@H]4F)c(C#N)c3)n2)c(C)n1. The predicted molar refractivity (Wildman–Crippen MR) is 130 cm³/mol. The normalized spacial score (nSPS) is 18.4. The van der Waals surface area contributed by atoms with E-state index in [2.05, 4.69) is 26.5 Å². The molecule has 36 heavy (non-hydrogen) atoms. The summed E-state index contributed by atoms with van der Waals surface area (Å²) in [6.07, 6.45) is 0.339. The van der Waals surface area contributed by atoms with Gasteiger partial charge in [0.15, 0.2) is 12.0 Å². The van der Waals surface area contributed by atoms with Crippen LogP contribution >= 0.6 is 0 Å². The van der Waals surface area contributed by atoms with E-state index in [0.29, 0.717) is 17.2 Å². The molecule has 1 amide bonds. The first kappa shape index (κ1) is 25.1. The summed E-state index contributed by atoms with van der Waals surface area (Å²) in [5.74, 6) is 0.735. The number of aryl methyl sites for hydroxylation is 2. The van der Waals surface area contributed by atoms with Crippen molar-refractivity contribution in [1.29, 1.82) is 5.26 Å². The summed E-state index contributed by atoms with van der Waals surface area (Å²) in [7, 11) is 0.